The third-order valence-corrected chi connectivity index (χ3v) is 4.84. The van der Waals surface area contributed by atoms with Crippen molar-refractivity contribution in [2.75, 3.05) is 17.2 Å². The van der Waals surface area contributed by atoms with Crippen molar-refractivity contribution < 1.29 is 14.6 Å². The minimum absolute atomic E-state index is 0.0983. The minimum atomic E-state index is -1.23. The van der Waals surface area contributed by atoms with E-state index >= 15 is 0 Å². The largest absolute Gasteiger partial charge is 0.392 e. The molecule has 7 nitrogen and oxygen atoms in total. The van der Waals surface area contributed by atoms with E-state index in [-0.39, 0.29) is 17.0 Å². The van der Waals surface area contributed by atoms with Crippen molar-refractivity contribution in [1.82, 2.24) is 15.0 Å². The molecule has 0 spiro atoms. The van der Waals surface area contributed by atoms with Gasteiger partial charge in [-0.25, -0.2) is 19.3 Å². The molecule has 1 atom stereocenters. The summed E-state index contributed by atoms with van der Waals surface area (Å²) in [5, 5.41) is 25.6. The Morgan fingerprint density at radius 2 is 1.93 bits per heavy atom. The molecule has 0 aliphatic heterocycles. The van der Waals surface area contributed by atoms with Gasteiger partial charge in [0.05, 0.1) is 27.9 Å². The normalized spacial score (nSPS) is 12.2. The van der Waals surface area contributed by atoms with Crippen LogP contribution < -0.4 is 10.6 Å². The smallest absolute Gasteiger partial charge is 0.225 e. The third-order valence-electron chi connectivity index (χ3n) is 3.57. The predicted molar refractivity (Wildman–Crippen MR) is 109 cm³/mol. The molecule has 3 aromatic rings. The van der Waals surface area contributed by atoms with E-state index in [1.807, 2.05) is 13.8 Å². The second kappa shape index (κ2) is 8.78. The summed E-state index contributed by atoms with van der Waals surface area (Å²) < 4.78 is 13.4. The maximum Gasteiger partial charge on any atom is 0.225 e. The molecule has 0 amide bonds. The Morgan fingerprint density at radius 1 is 1.18 bits per heavy atom. The van der Waals surface area contributed by atoms with Gasteiger partial charge >= 0.3 is 0 Å². The highest BCUT2D eigenvalue weighted by atomic mass is 35.5. The zero-order chi connectivity index (χ0) is 20.3. The Kier molecular flexibility index (Phi) is 6.40. The number of aromatic nitrogens is 3. The first-order valence-electron chi connectivity index (χ1n) is 8.48. The average molecular weight is 424 g/mol. The Hall–Kier alpha value is -2.33. The molecule has 0 unspecified atom stereocenters. The predicted octanol–water partition coefficient (Wildman–Crippen LogP) is 3.60. The number of anilines is 2. The van der Waals surface area contributed by atoms with Gasteiger partial charge in [0.2, 0.25) is 5.95 Å². The first kappa shape index (κ1) is 20.4. The highest BCUT2D eigenvalue weighted by molar-refractivity contribution is 7.18. The van der Waals surface area contributed by atoms with Crippen molar-refractivity contribution in [2.24, 2.45) is 0 Å². The first-order chi connectivity index (χ1) is 13.4. The van der Waals surface area contributed by atoms with Crippen LogP contribution in [0.1, 0.15) is 13.8 Å². The molecule has 3 rings (SSSR count). The lowest BCUT2D eigenvalue weighted by molar-refractivity contribution is 0.116. The maximum absolute atomic E-state index is 13.4. The van der Waals surface area contributed by atoms with E-state index in [0.29, 0.717) is 17.0 Å². The van der Waals surface area contributed by atoms with Crippen molar-refractivity contribution in [3.63, 3.8) is 0 Å². The molecular weight excluding hydrogens is 405 g/mol. The molecule has 2 aromatic heterocycles. The fourth-order valence-corrected chi connectivity index (χ4v) is 3.56. The zero-order valence-electron chi connectivity index (χ0n) is 15.1. The molecule has 0 saturated heterocycles. The zero-order valence-corrected chi connectivity index (χ0v) is 16.7. The van der Waals surface area contributed by atoms with E-state index in [9.17, 15) is 9.50 Å². The van der Waals surface area contributed by atoms with Crippen LogP contribution in [0.2, 0.25) is 5.02 Å². The van der Waals surface area contributed by atoms with Gasteiger partial charge in [-0.15, -0.1) is 0 Å². The lowest BCUT2D eigenvalue weighted by atomic mass is 10.1. The second-order valence-electron chi connectivity index (χ2n) is 6.26. The Labute approximate surface area is 170 Å². The summed E-state index contributed by atoms with van der Waals surface area (Å²) in [4.78, 5) is 13.8. The number of hydrogen-bond acceptors (Lipinski definition) is 8. The number of benzene rings is 1. The Morgan fingerprint density at radius 3 is 2.61 bits per heavy atom. The number of rotatable bonds is 7. The van der Waals surface area contributed by atoms with Crippen LogP contribution in [-0.4, -0.2) is 44.0 Å². The summed E-state index contributed by atoms with van der Waals surface area (Å²) in [5.74, 6) is -0.356. The molecular formula is C18H19ClFN5O2S. The first-order valence-corrected chi connectivity index (χ1v) is 9.68. The number of hydrogen-bond donors (Lipinski definition) is 4. The van der Waals surface area contributed by atoms with Gasteiger partial charge < -0.3 is 20.8 Å². The highest BCUT2D eigenvalue weighted by Gasteiger charge is 2.15. The van der Waals surface area contributed by atoms with Crippen LogP contribution in [0.4, 0.5) is 15.5 Å². The van der Waals surface area contributed by atoms with E-state index in [4.69, 9.17) is 16.7 Å². The maximum atomic E-state index is 13.4. The quantitative estimate of drug-likeness (QED) is 0.430. The van der Waals surface area contributed by atoms with Gasteiger partial charge in [-0.1, -0.05) is 22.9 Å². The summed E-state index contributed by atoms with van der Waals surface area (Å²) in [7, 11) is 0. The van der Waals surface area contributed by atoms with Crippen molar-refractivity contribution >= 4 is 34.0 Å². The van der Waals surface area contributed by atoms with Crippen molar-refractivity contribution in [3.8, 4) is 21.8 Å². The van der Waals surface area contributed by atoms with E-state index < -0.39 is 18.7 Å². The average Bonchev–Trinajstić information content (AvgIpc) is 3.09. The molecule has 2 heterocycles. The molecule has 0 saturated carbocycles. The van der Waals surface area contributed by atoms with Crippen LogP contribution in [-0.2, 0) is 0 Å². The molecule has 1 aromatic carbocycles. The van der Waals surface area contributed by atoms with Crippen LogP contribution >= 0.6 is 22.9 Å². The summed E-state index contributed by atoms with van der Waals surface area (Å²) in [6.45, 7) is 3.51. The molecule has 28 heavy (non-hydrogen) atoms. The fraction of sp³-hybridized carbons (Fsp3) is 0.278. The van der Waals surface area contributed by atoms with Gasteiger partial charge in [0.25, 0.3) is 0 Å². The van der Waals surface area contributed by atoms with Crippen molar-refractivity contribution in [3.05, 3.63) is 41.3 Å². The van der Waals surface area contributed by atoms with Crippen LogP contribution in [0.25, 0.3) is 21.8 Å². The molecule has 0 radical (unpaired) electrons. The van der Waals surface area contributed by atoms with Crippen molar-refractivity contribution in [1.29, 1.82) is 0 Å². The van der Waals surface area contributed by atoms with Crippen LogP contribution in [0, 0.1) is 5.82 Å². The number of aliphatic hydroxyl groups is 2. The monoisotopic (exact) mass is 423 g/mol. The van der Waals surface area contributed by atoms with Crippen LogP contribution in [0.5, 0.6) is 0 Å². The van der Waals surface area contributed by atoms with Gasteiger partial charge in [0.15, 0.2) is 5.13 Å². The topological polar surface area (TPSA) is 103 Å². The van der Waals surface area contributed by atoms with Gasteiger partial charge in [0, 0.05) is 17.8 Å². The summed E-state index contributed by atoms with van der Waals surface area (Å²) >= 11 is 7.59. The number of halogens is 2. The van der Waals surface area contributed by atoms with E-state index in [2.05, 4.69) is 25.6 Å². The molecule has 148 valence electrons. The van der Waals surface area contributed by atoms with Gasteiger partial charge in [-0.05, 0) is 38.1 Å². The van der Waals surface area contributed by atoms with Gasteiger partial charge in [-0.2, -0.15) is 0 Å². The lowest BCUT2D eigenvalue weighted by Gasteiger charge is -2.13. The molecule has 4 N–H and O–H groups in total. The second-order valence-corrected chi connectivity index (χ2v) is 7.70. The molecule has 0 aliphatic rings. The minimum Gasteiger partial charge on any atom is -0.392 e. The summed E-state index contributed by atoms with van der Waals surface area (Å²) in [6, 6.07) is 5.95. The van der Waals surface area contributed by atoms with Gasteiger partial charge in [-0.3, -0.25) is 0 Å². The van der Waals surface area contributed by atoms with E-state index in [0.717, 1.165) is 10.0 Å². The number of nitrogens with zero attached hydrogens (tertiary/aromatic N) is 3. The van der Waals surface area contributed by atoms with Crippen LogP contribution in [0.3, 0.4) is 0 Å². The third kappa shape index (κ3) is 4.93. The van der Waals surface area contributed by atoms with Gasteiger partial charge in [0.1, 0.15) is 12.0 Å². The number of aliphatic hydroxyl groups excluding tert-OH is 2. The van der Waals surface area contributed by atoms with Crippen LogP contribution in [0.15, 0.2) is 30.5 Å². The molecule has 0 aliphatic carbocycles. The molecule has 0 fully saturated rings. The highest BCUT2D eigenvalue weighted by Crippen LogP contribution is 2.33. The Balaban J connectivity index is 2.06. The van der Waals surface area contributed by atoms with E-state index in [1.165, 1.54) is 29.5 Å². The summed E-state index contributed by atoms with van der Waals surface area (Å²) in [5.41, 5.74) is 1.50. The lowest BCUT2D eigenvalue weighted by Crippen LogP contribution is -2.24. The fourth-order valence-electron chi connectivity index (χ4n) is 2.37. The number of nitrogens with one attached hydrogen (secondary N) is 2. The van der Waals surface area contributed by atoms with E-state index in [1.54, 1.807) is 12.3 Å². The van der Waals surface area contributed by atoms with Crippen molar-refractivity contribution in [2.45, 2.75) is 26.1 Å². The Bertz CT molecular complexity index is 969. The standard InChI is InChI=1S/C18H19ClFN5O2S/c1-9(2)22-18-21-7-15(28-18)14-6-13(11-4-3-10(20)5-12(11)19)23-17(24-14)25-16(27)8-26/h3-7,9,16,26-27H,8H2,1-2H3,(H,21,22)(H,23,24,25)/t16-/m1/s1. The SMILES string of the molecule is CC(C)Nc1ncc(-c2cc(-c3ccc(F)cc3Cl)nc(N[C@H](O)CO)n2)s1. The summed E-state index contributed by atoms with van der Waals surface area (Å²) in [6.07, 6.45) is 0.450. The molecule has 0 bridgehead atoms. The number of thiazole rings is 1. The molecule has 10 heteroatoms.